The molecule has 0 unspecified atom stereocenters. The van der Waals surface area contributed by atoms with Gasteiger partial charge < -0.3 is 20.0 Å². The van der Waals surface area contributed by atoms with E-state index in [2.05, 4.69) is 9.57 Å². The molecule has 0 bridgehead atoms. The number of ether oxygens (including phenoxy) is 2. The second-order valence-electron chi connectivity index (χ2n) is 3.93. The second kappa shape index (κ2) is 9.18. The van der Waals surface area contributed by atoms with Gasteiger partial charge in [-0.05, 0) is 25.0 Å². The van der Waals surface area contributed by atoms with E-state index in [0.717, 1.165) is 0 Å². The predicted molar refractivity (Wildman–Crippen MR) is 71.1 cm³/mol. The zero-order valence-electron chi connectivity index (χ0n) is 11.2. The second-order valence-corrected chi connectivity index (χ2v) is 3.93. The number of para-hydroxylation sites is 1. The van der Waals surface area contributed by atoms with Gasteiger partial charge >= 0.3 is 12.2 Å². The lowest BCUT2D eigenvalue weighted by atomic mass is 10.2. The van der Waals surface area contributed by atoms with Crippen LogP contribution in [0.3, 0.4) is 0 Å². The van der Waals surface area contributed by atoms with Crippen LogP contribution < -0.4 is 16.0 Å². The van der Waals surface area contributed by atoms with Crippen LogP contribution in [0.1, 0.15) is 19.3 Å². The lowest BCUT2D eigenvalue weighted by molar-refractivity contribution is -0.118. The highest BCUT2D eigenvalue weighted by Crippen LogP contribution is 2.08. The fourth-order valence-electron chi connectivity index (χ4n) is 1.28. The van der Waals surface area contributed by atoms with Gasteiger partial charge in [0.05, 0.1) is 6.61 Å². The van der Waals surface area contributed by atoms with Crippen LogP contribution in [0.25, 0.3) is 0 Å². The van der Waals surface area contributed by atoms with Crippen LogP contribution in [0.4, 0.5) is 9.59 Å². The van der Waals surface area contributed by atoms with E-state index in [-0.39, 0.29) is 18.8 Å². The first-order valence-corrected chi connectivity index (χ1v) is 6.22. The number of primary amides is 1. The molecular weight excluding hydrogens is 280 g/mol. The Balaban J connectivity index is 2.09. The molecule has 1 aromatic rings. The maximum Gasteiger partial charge on any atom is 0.539 e. The van der Waals surface area contributed by atoms with Gasteiger partial charge in [0.15, 0.2) is 0 Å². The smallest absolute Gasteiger partial charge is 0.447 e. The fourth-order valence-corrected chi connectivity index (χ4v) is 1.28. The number of hydroxylamine groups is 1. The third-order valence-electron chi connectivity index (χ3n) is 2.21. The van der Waals surface area contributed by atoms with E-state index in [1.54, 1.807) is 35.8 Å². The minimum Gasteiger partial charge on any atom is -0.447 e. The van der Waals surface area contributed by atoms with Crippen molar-refractivity contribution < 1.29 is 28.7 Å². The molecule has 1 aromatic carbocycles. The first-order chi connectivity index (χ1) is 10.1. The third-order valence-corrected chi connectivity index (χ3v) is 2.21. The fraction of sp³-hybridized carbons (Fsp3) is 0.308. The molecule has 8 nitrogen and oxygen atoms in total. The highest BCUT2D eigenvalue weighted by atomic mass is 16.8. The third kappa shape index (κ3) is 8.09. The summed E-state index contributed by atoms with van der Waals surface area (Å²) in [6, 6.07) is 8.22. The SMILES string of the molecule is NC(=O)CCCCOC(=O)NOC(=O)Oc1ccccc1. The van der Waals surface area contributed by atoms with Gasteiger partial charge in [0, 0.05) is 6.42 Å². The Kier molecular flexibility index (Phi) is 7.12. The number of unbranched alkanes of at least 4 members (excludes halogenated alkanes) is 1. The van der Waals surface area contributed by atoms with E-state index in [0.29, 0.717) is 12.8 Å². The standard InChI is InChI=1S/C13H16N2O6/c14-11(16)8-4-5-9-19-12(17)15-21-13(18)20-10-6-2-1-3-7-10/h1-3,6-7H,4-5,8-9H2,(H2,14,16)(H,15,17). The van der Waals surface area contributed by atoms with Crippen molar-refractivity contribution in [1.82, 2.24) is 5.48 Å². The molecule has 0 heterocycles. The van der Waals surface area contributed by atoms with Gasteiger partial charge in [-0.1, -0.05) is 18.2 Å². The van der Waals surface area contributed by atoms with Gasteiger partial charge in [-0.25, -0.2) is 9.59 Å². The lowest BCUT2D eigenvalue weighted by Crippen LogP contribution is -2.29. The topological polar surface area (TPSA) is 117 Å². The summed E-state index contributed by atoms with van der Waals surface area (Å²) in [5.74, 6) is -0.129. The average Bonchev–Trinajstić information content (AvgIpc) is 2.45. The number of amides is 2. The summed E-state index contributed by atoms with van der Waals surface area (Å²) in [5, 5.41) is 0. The number of hydrogen-bond acceptors (Lipinski definition) is 6. The largest absolute Gasteiger partial charge is 0.539 e. The molecule has 1 rings (SSSR count). The highest BCUT2D eigenvalue weighted by molar-refractivity contribution is 5.73. The Hall–Kier alpha value is -2.77. The van der Waals surface area contributed by atoms with Crippen molar-refractivity contribution in [3.8, 4) is 5.75 Å². The number of carbonyl (C=O) groups is 3. The van der Waals surface area contributed by atoms with Crippen molar-refractivity contribution in [2.24, 2.45) is 5.73 Å². The summed E-state index contributed by atoms with van der Waals surface area (Å²) in [6.07, 6.45) is -0.805. The maximum atomic E-state index is 11.2. The lowest BCUT2D eigenvalue weighted by Gasteiger charge is -2.07. The minimum absolute atomic E-state index is 0.0796. The van der Waals surface area contributed by atoms with Gasteiger partial charge in [0.2, 0.25) is 5.91 Å². The van der Waals surface area contributed by atoms with Crippen LogP contribution in [-0.4, -0.2) is 24.8 Å². The first kappa shape index (κ1) is 16.3. The van der Waals surface area contributed by atoms with Gasteiger partial charge in [-0.2, -0.15) is 0 Å². The maximum absolute atomic E-state index is 11.2. The quantitative estimate of drug-likeness (QED) is 0.355. The molecule has 0 aliphatic carbocycles. The number of carbonyl (C=O) groups excluding carboxylic acids is 3. The Labute approximate surface area is 121 Å². The molecule has 0 radical (unpaired) electrons. The normalized spacial score (nSPS) is 9.52. The molecule has 0 aliphatic heterocycles. The Morgan fingerprint density at radius 2 is 1.81 bits per heavy atom. The molecule has 2 amide bonds. The number of rotatable bonds is 6. The monoisotopic (exact) mass is 296 g/mol. The van der Waals surface area contributed by atoms with Crippen molar-refractivity contribution in [3.05, 3.63) is 30.3 Å². The van der Waals surface area contributed by atoms with Crippen molar-refractivity contribution in [2.45, 2.75) is 19.3 Å². The van der Waals surface area contributed by atoms with Crippen LogP contribution >= 0.6 is 0 Å². The van der Waals surface area contributed by atoms with Gasteiger partial charge in [-0.3, -0.25) is 4.79 Å². The van der Waals surface area contributed by atoms with Crippen molar-refractivity contribution in [3.63, 3.8) is 0 Å². The van der Waals surface area contributed by atoms with Crippen molar-refractivity contribution in [1.29, 1.82) is 0 Å². The zero-order chi connectivity index (χ0) is 15.5. The van der Waals surface area contributed by atoms with Crippen LogP contribution in [0.2, 0.25) is 0 Å². The molecule has 0 atom stereocenters. The molecule has 0 spiro atoms. The van der Waals surface area contributed by atoms with Gasteiger partial charge in [0.25, 0.3) is 0 Å². The number of nitrogens with two attached hydrogens (primary N) is 1. The number of nitrogens with one attached hydrogen (secondary N) is 1. The molecule has 0 saturated heterocycles. The molecule has 8 heteroatoms. The number of hydrogen-bond donors (Lipinski definition) is 2. The van der Waals surface area contributed by atoms with Gasteiger partial charge in [-0.15, -0.1) is 5.48 Å². The van der Waals surface area contributed by atoms with Crippen molar-refractivity contribution in [2.75, 3.05) is 6.61 Å². The summed E-state index contributed by atoms with van der Waals surface area (Å²) >= 11 is 0. The van der Waals surface area contributed by atoms with E-state index in [9.17, 15) is 14.4 Å². The predicted octanol–water partition coefficient (Wildman–Crippen LogP) is 1.50. The van der Waals surface area contributed by atoms with E-state index in [1.165, 1.54) is 0 Å². The number of benzene rings is 1. The molecule has 0 fully saturated rings. The summed E-state index contributed by atoms with van der Waals surface area (Å²) in [6.45, 7) is 0.0796. The Morgan fingerprint density at radius 3 is 2.48 bits per heavy atom. The molecule has 0 saturated carbocycles. The molecular formula is C13H16N2O6. The average molecular weight is 296 g/mol. The van der Waals surface area contributed by atoms with Crippen LogP contribution in [0.5, 0.6) is 5.75 Å². The zero-order valence-corrected chi connectivity index (χ0v) is 11.2. The molecule has 0 aromatic heterocycles. The highest BCUT2D eigenvalue weighted by Gasteiger charge is 2.09. The van der Waals surface area contributed by atoms with Crippen LogP contribution in [0, 0.1) is 0 Å². The molecule has 114 valence electrons. The van der Waals surface area contributed by atoms with E-state index in [4.69, 9.17) is 10.5 Å². The summed E-state index contributed by atoms with van der Waals surface area (Å²) < 4.78 is 9.44. The summed E-state index contributed by atoms with van der Waals surface area (Å²) in [7, 11) is 0. The van der Waals surface area contributed by atoms with Crippen molar-refractivity contribution >= 4 is 18.2 Å². The first-order valence-electron chi connectivity index (χ1n) is 6.22. The Morgan fingerprint density at radius 1 is 1.10 bits per heavy atom. The minimum atomic E-state index is -1.09. The van der Waals surface area contributed by atoms with Gasteiger partial charge in [0.1, 0.15) is 5.75 Å². The molecule has 3 N–H and O–H groups in total. The van der Waals surface area contributed by atoms with Crippen LogP contribution in [-0.2, 0) is 14.4 Å². The van der Waals surface area contributed by atoms with Crippen LogP contribution in [0.15, 0.2) is 30.3 Å². The molecule has 0 aliphatic rings. The van der Waals surface area contributed by atoms with E-state index in [1.807, 2.05) is 0 Å². The summed E-state index contributed by atoms with van der Waals surface area (Å²) in [4.78, 5) is 37.1. The Bertz CT molecular complexity index is 477. The molecule has 21 heavy (non-hydrogen) atoms. The van der Waals surface area contributed by atoms with E-state index < -0.39 is 18.2 Å². The van der Waals surface area contributed by atoms with E-state index >= 15 is 0 Å². The summed E-state index contributed by atoms with van der Waals surface area (Å²) in [5.41, 5.74) is 6.72.